The molecule has 7 nitrogen and oxygen atoms in total. The molecule has 3 aromatic rings. The fourth-order valence-corrected chi connectivity index (χ4v) is 3.25. The summed E-state index contributed by atoms with van der Waals surface area (Å²) in [6.07, 6.45) is 1.73. The molecule has 2 amide bonds. The minimum Gasteiger partial charge on any atom is -0.368 e. The van der Waals surface area contributed by atoms with E-state index in [9.17, 15) is 14.4 Å². The van der Waals surface area contributed by atoms with Gasteiger partial charge in [0.05, 0.1) is 6.54 Å². The van der Waals surface area contributed by atoms with E-state index in [1.807, 2.05) is 43.3 Å². The van der Waals surface area contributed by atoms with Crippen molar-refractivity contribution in [1.29, 1.82) is 0 Å². The number of hydrogen-bond donors (Lipinski definition) is 3. The number of H-pyrrole nitrogens is 1. The summed E-state index contributed by atoms with van der Waals surface area (Å²) < 4.78 is 0. The molecule has 0 aliphatic rings. The van der Waals surface area contributed by atoms with Crippen molar-refractivity contribution in [1.82, 2.24) is 10.3 Å². The van der Waals surface area contributed by atoms with Crippen LogP contribution in [0.15, 0.2) is 53.5 Å². The lowest BCUT2D eigenvalue weighted by Gasteiger charge is -2.20. The maximum atomic E-state index is 12.5. The number of rotatable bonds is 6. The van der Waals surface area contributed by atoms with Crippen LogP contribution in [0.4, 0.5) is 5.69 Å². The minimum atomic E-state index is -0.744. The number of hydrogen-bond acceptors (Lipinski definition) is 4. The van der Waals surface area contributed by atoms with Crippen molar-refractivity contribution in [3.63, 3.8) is 0 Å². The van der Waals surface area contributed by atoms with Crippen LogP contribution in [0.1, 0.15) is 12.5 Å². The lowest BCUT2D eigenvalue weighted by Crippen LogP contribution is -2.45. The topological polar surface area (TPSA) is 108 Å². The Balaban J connectivity index is 1.93. The van der Waals surface area contributed by atoms with Gasteiger partial charge in [0.15, 0.2) is 0 Å². The first-order valence-corrected chi connectivity index (χ1v) is 9.29. The molecule has 3 rings (SSSR count). The monoisotopic (exact) mass is 392 g/mol. The van der Waals surface area contributed by atoms with Crippen LogP contribution in [-0.2, 0) is 9.59 Å². The first-order chi connectivity index (χ1) is 13.8. The molecule has 0 saturated carbocycles. The van der Waals surface area contributed by atoms with Crippen molar-refractivity contribution in [2.75, 3.05) is 18.5 Å². The molecule has 0 aliphatic carbocycles. The van der Waals surface area contributed by atoms with Gasteiger partial charge in [-0.2, -0.15) is 0 Å². The number of primary amides is 1. The van der Waals surface area contributed by atoms with Gasteiger partial charge in [0.1, 0.15) is 6.04 Å². The van der Waals surface area contributed by atoms with E-state index in [0.717, 1.165) is 22.1 Å². The fraction of sp³-hybridized carbons (Fsp3) is 0.227. The molecule has 0 bridgehead atoms. The second kappa shape index (κ2) is 8.18. The minimum absolute atomic E-state index is 0.0263. The van der Waals surface area contributed by atoms with Crippen molar-refractivity contribution in [3.8, 4) is 11.1 Å². The van der Waals surface area contributed by atoms with Gasteiger partial charge in [-0.15, -0.1) is 0 Å². The van der Waals surface area contributed by atoms with E-state index in [1.54, 1.807) is 24.2 Å². The Hall–Kier alpha value is -3.61. The Bertz CT molecular complexity index is 1140. The zero-order valence-electron chi connectivity index (χ0n) is 16.7. The van der Waals surface area contributed by atoms with Crippen LogP contribution < -0.4 is 21.5 Å². The highest BCUT2D eigenvalue weighted by Crippen LogP contribution is 2.30. The predicted molar refractivity (Wildman–Crippen MR) is 115 cm³/mol. The van der Waals surface area contributed by atoms with E-state index in [2.05, 4.69) is 10.3 Å². The summed E-state index contributed by atoms with van der Waals surface area (Å²) in [5, 5.41) is 3.92. The normalized spacial score (nSPS) is 11.8. The average Bonchev–Trinajstić information content (AvgIpc) is 2.68. The first-order valence-electron chi connectivity index (χ1n) is 9.29. The maximum Gasteiger partial charge on any atom is 0.255 e. The Morgan fingerprint density at radius 3 is 2.55 bits per heavy atom. The second-order valence-electron chi connectivity index (χ2n) is 7.12. The van der Waals surface area contributed by atoms with Crippen LogP contribution in [0, 0.1) is 6.92 Å². The van der Waals surface area contributed by atoms with E-state index >= 15 is 0 Å². The molecule has 7 heteroatoms. The molecule has 2 aromatic carbocycles. The molecule has 29 heavy (non-hydrogen) atoms. The number of carbonyl (C=O) groups excluding carboxylic acids is 2. The number of aromatic nitrogens is 1. The standard InChI is InChI=1S/C22H24N4O3/c1-13-6-4-5-7-16(13)19-11-24-22(29)18-10-15(8-9-17(18)19)26(3)12-20(27)25-14(2)21(23)28/h4-11,14H,12H2,1-3H3,(H2,23,28)(H,24,29)(H,25,27). The third-order valence-electron chi connectivity index (χ3n) is 4.95. The molecular weight excluding hydrogens is 368 g/mol. The zero-order chi connectivity index (χ0) is 21.1. The zero-order valence-corrected chi connectivity index (χ0v) is 16.7. The summed E-state index contributed by atoms with van der Waals surface area (Å²) in [6.45, 7) is 3.58. The van der Waals surface area contributed by atoms with Gasteiger partial charge in [-0.05, 0) is 42.5 Å². The Morgan fingerprint density at radius 1 is 1.14 bits per heavy atom. The number of nitrogens with one attached hydrogen (secondary N) is 2. The highest BCUT2D eigenvalue weighted by Gasteiger charge is 2.15. The van der Waals surface area contributed by atoms with Gasteiger partial charge in [0.2, 0.25) is 11.8 Å². The molecule has 0 aliphatic heterocycles. The van der Waals surface area contributed by atoms with E-state index in [4.69, 9.17) is 5.73 Å². The van der Waals surface area contributed by atoms with Crippen LogP contribution in [0.5, 0.6) is 0 Å². The maximum absolute atomic E-state index is 12.5. The van der Waals surface area contributed by atoms with Gasteiger partial charge in [-0.3, -0.25) is 14.4 Å². The van der Waals surface area contributed by atoms with E-state index in [-0.39, 0.29) is 18.0 Å². The molecular formula is C22H24N4O3. The predicted octanol–water partition coefficient (Wildman–Crippen LogP) is 1.93. The number of nitrogens with zero attached hydrogens (tertiary/aromatic N) is 1. The summed E-state index contributed by atoms with van der Waals surface area (Å²) in [7, 11) is 1.75. The molecule has 0 saturated heterocycles. The number of pyridine rings is 1. The van der Waals surface area contributed by atoms with E-state index in [1.165, 1.54) is 6.92 Å². The molecule has 0 fully saturated rings. The summed E-state index contributed by atoms with van der Waals surface area (Å²) in [6, 6.07) is 12.8. The van der Waals surface area contributed by atoms with E-state index in [0.29, 0.717) is 11.1 Å². The third kappa shape index (κ3) is 4.29. The van der Waals surface area contributed by atoms with Crippen molar-refractivity contribution in [3.05, 3.63) is 64.6 Å². The number of carbonyl (C=O) groups is 2. The van der Waals surface area contributed by atoms with Crippen LogP contribution in [0.3, 0.4) is 0 Å². The van der Waals surface area contributed by atoms with Crippen molar-refractivity contribution < 1.29 is 9.59 Å². The first kappa shape index (κ1) is 20.1. The third-order valence-corrected chi connectivity index (χ3v) is 4.95. The summed E-state index contributed by atoms with van der Waals surface area (Å²) in [5.74, 6) is -0.927. The number of nitrogens with two attached hydrogens (primary N) is 1. The number of aromatic amines is 1. The Labute approximate surface area is 168 Å². The average molecular weight is 392 g/mol. The van der Waals surface area contributed by atoms with Crippen LogP contribution in [0.25, 0.3) is 21.9 Å². The second-order valence-corrected chi connectivity index (χ2v) is 7.12. The van der Waals surface area contributed by atoms with Gasteiger partial charge in [0, 0.05) is 29.9 Å². The lowest BCUT2D eigenvalue weighted by molar-refractivity contribution is -0.126. The highest BCUT2D eigenvalue weighted by atomic mass is 16.2. The SMILES string of the molecule is Cc1ccccc1-c1c[nH]c(=O)c2cc(N(C)CC(=O)NC(C)C(N)=O)ccc12. The molecule has 1 heterocycles. The quantitative estimate of drug-likeness (QED) is 0.596. The Morgan fingerprint density at radius 2 is 1.86 bits per heavy atom. The van der Waals surface area contributed by atoms with Crippen molar-refractivity contribution >= 4 is 28.3 Å². The molecule has 0 spiro atoms. The number of aryl methyl sites for hydroxylation is 1. The fourth-order valence-electron chi connectivity index (χ4n) is 3.25. The summed E-state index contributed by atoms with van der Waals surface area (Å²) >= 11 is 0. The molecule has 0 radical (unpaired) electrons. The van der Waals surface area contributed by atoms with Crippen LogP contribution in [0.2, 0.25) is 0 Å². The summed E-state index contributed by atoms with van der Waals surface area (Å²) in [5.41, 5.74) is 8.80. The molecule has 4 N–H and O–H groups in total. The van der Waals surface area contributed by atoms with Gasteiger partial charge < -0.3 is 20.9 Å². The number of amides is 2. The highest BCUT2D eigenvalue weighted by molar-refractivity contribution is 5.98. The van der Waals surface area contributed by atoms with Crippen LogP contribution >= 0.6 is 0 Å². The number of likely N-dealkylation sites (N-methyl/N-ethyl adjacent to an activating group) is 1. The number of benzene rings is 2. The summed E-state index contributed by atoms with van der Waals surface area (Å²) in [4.78, 5) is 40.2. The van der Waals surface area contributed by atoms with Gasteiger partial charge in [0.25, 0.3) is 5.56 Å². The van der Waals surface area contributed by atoms with Crippen molar-refractivity contribution in [2.24, 2.45) is 5.73 Å². The van der Waals surface area contributed by atoms with Gasteiger partial charge in [-0.25, -0.2) is 0 Å². The number of anilines is 1. The largest absolute Gasteiger partial charge is 0.368 e. The molecule has 150 valence electrons. The molecule has 1 atom stereocenters. The van der Waals surface area contributed by atoms with E-state index < -0.39 is 11.9 Å². The molecule has 1 unspecified atom stereocenters. The smallest absolute Gasteiger partial charge is 0.255 e. The molecule has 1 aromatic heterocycles. The number of fused-ring (bicyclic) bond motifs is 1. The van der Waals surface area contributed by atoms with Crippen molar-refractivity contribution in [2.45, 2.75) is 19.9 Å². The van der Waals surface area contributed by atoms with Gasteiger partial charge in [-0.1, -0.05) is 30.3 Å². The van der Waals surface area contributed by atoms with Gasteiger partial charge >= 0.3 is 0 Å². The Kier molecular flexibility index (Phi) is 5.68. The van der Waals surface area contributed by atoms with Crippen LogP contribution in [-0.4, -0.2) is 36.4 Å². The lowest BCUT2D eigenvalue weighted by atomic mass is 9.97.